The molecule has 0 saturated carbocycles. The summed E-state index contributed by atoms with van der Waals surface area (Å²) in [7, 11) is 1.90. The van der Waals surface area contributed by atoms with Gasteiger partial charge in [-0.1, -0.05) is 6.07 Å². The molecule has 1 aliphatic heterocycles. The van der Waals surface area contributed by atoms with Gasteiger partial charge in [-0.3, -0.25) is 4.98 Å². The number of aromatic nitrogens is 1. The van der Waals surface area contributed by atoms with E-state index in [9.17, 15) is 0 Å². The summed E-state index contributed by atoms with van der Waals surface area (Å²) in [5.74, 6) is 0.605. The fourth-order valence-corrected chi connectivity index (χ4v) is 1.64. The smallest absolute Gasteiger partial charge is 0.210 e. The van der Waals surface area contributed by atoms with Crippen LogP contribution in [-0.2, 0) is 0 Å². The van der Waals surface area contributed by atoms with E-state index in [-0.39, 0.29) is 6.04 Å². The summed E-state index contributed by atoms with van der Waals surface area (Å²) in [5, 5.41) is 11.6. The van der Waals surface area contributed by atoms with Crippen LogP contribution in [0.15, 0.2) is 29.4 Å². The lowest BCUT2D eigenvalue weighted by molar-refractivity contribution is 0.416. The first kappa shape index (κ1) is 9.46. The topological polar surface area (TPSA) is 64.3 Å². The Morgan fingerprint density at radius 2 is 2.53 bits per heavy atom. The van der Waals surface area contributed by atoms with Gasteiger partial charge in [0.25, 0.3) is 0 Å². The Balaban J connectivity index is 2.22. The second-order valence-electron chi connectivity index (χ2n) is 3.30. The predicted molar refractivity (Wildman–Crippen MR) is 55.8 cm³/mol. The minimum Gasteiger partial charge on any atom is -0.353 e. The Kier molecular flexibility index (Phi) is 2.50. The van der Waals surface area contributed by atoms with Crippen molar-refractivity contribution < 1.29 is 0 Å². The van der Waals surface area contributed by atoms with E-state index in [1.807, 2.05) is 30.1 Å². The molecule has 1 atom stereocenters. The minimum absolute atomic E-state index is 0.151. The summed E-state index contributed by atoms with van der Waals surface area (Å²) in [4.78, 5) is 9.90. The quantitative estimate of drug-likeness (QED) is 0.672. The Labute approximate surface area is 88.1 Å². The molecule has 0 amide bonds. The maximum absolute atomic E-state index is 8.48. The fraction of sp³-hybridized carbons (Fsp3) is 0.300. The van der Waals surface area contributed by atoms with Gasteiger partial charge in [-0.05, 0) is 12.1 Å². The van der Waals surface area contributed by atoms with Crippen LogP contribution in [0.25, 0.3) is 0 Å². The maximum atomic E-state index is 8.48. The first-order chi connectivity index (χ1) is 7.33. The molecule has 2 heterocycles. The Morgan fingerprint density at radius 3 is 3.20 bits per heavy atom. The summed E-state index contributed by atoms with van der Waals surface area (Å²) in [6, 6.07) is 5.96. The highest BCUT2D eigenvalue weighted by atomic mass is 15.4. The zero-order chi connectivity index (χ0) is 10.7. The van der Waals surface area contributed by atoms with E-state index < -0.39 is 0 Å². The molecule has 1 unspecified atom stereocenters. The van der Waals surface area contributed by atoms with E-state index in [1.54, 1.807) is 12.4 Å². The molecule has 1 aromatic rings. The number of aliphatic imine (C=N–C) groups is 1. The number of hydrogen-bond acceptors (Lipinski definition) is 3. The van der Waals surface area contributed by atoms with E-state index in [4.69, 9.17) is 5.26 Å². The lowest BCUT2D eigenvalue weighted by atomic mass is 10.2. The highest BCUT2D eigenvalue weighted by molar-refractivity contribution is 5.83. The Bertz CT molecular complexity index is 406. The molecule has 0 aromatic carbocycles. The van der Waals surface area contributed by atoms with E-state index >= 15 is 0 Å². The van der Waals surface area contributed by atoms with Crippen molar-refractivity contribution >= 4 is 5.96 Å². The zero-order valence-corrected chi connectivity index (χ0v) is 8.38. The monoisotopic (exact) mass is 201 g/mol. The van der Waals surface area contributed by atoms with Gasteiger partial charge >= 0.3 is 0 Å². The fourth-order valence-electron chi connectivity index (χ4n) is 1.64. The molecule has 0 radical (unpaired) electrons. The van der Waals surface area contributed by atoms with Crippen LogP contribution in [0.4, 0.5) is 0 Å². The van der Waals surface area contributed by atoms with Crippen molar-refractivity contribution in [2.75, 3.05) is 13.6 Å². The molecule has 1 aromatic heterocycles. The van der Waals surface area contributed by atoms with Crippen LogP contribution in [0.3, 0.4) is 0 Å². The number of nitrogens with zero attached hydrogens (tertiary/aromatic N) is 4. The molecule has 1 N–H and O–H groups in total. The van der Waals surface area contributed by atoms with Gasteiger partial charge in [0.15, 0.2) is 0 Å². The molecule has 0 bridgehead atoms. The lowest BCUT2D eigenvalue weighted by Crippen LogP contribution is -2.27. The highest BCUT2D eigenvalue weighted by Crippen LogP contribution is 2.20. The van der Waals surface area contributed by atoms with Crippen LogP contribution in [0.5, 0.6) is 0 Å². The number of nitriles is 1. The van der Waals surface area contributed by atoms with Crippen LogP contribution in [0.2, 0.25) is 0 Å². The standard InChI is InChI=1S/C10H11N5/c1-15-9(6-13-10(15)14-7-11)8-4-2-3-5-12-8/h2-5,9H,6H2,1H3,(H,13,14). The van der Waals surface area contributed by atoms with Crippen molar-refractivity contribution in [2.45, 2.75) is 6.04 Å². The van der Waals surface area contributed by atoms with Crippen molar-refractivity contribution in [3.05, 3.63) is 30.1 Å². The van der Waals surface area contributed by atoms with Crippen LogP contribution >= 0.6 is 0 Å². The maximum Gasteiger partial charge on any atom is 0.210 e. The molecule has 0 spiro atoms. The number of rotatable bonds is 1. The number of likely N-dealkylation sites (N-methyl/N-ethyl adjacent to an activating group) is 1. The van der Waals surface area contributed by atoms with Crippen LogP contribution in [0.1, 0.15) is 11.7 Å². The van der Waals surface area contributed by atoms with Gasteiger partial charge < -0.3 is 10.2 Å². The molecule has 2 rings (SSSR count). The minimum atomic E-state index is 0.151. The molecule has 0 aliphatic carbocycles. The average Bonchev–Trinajstić information content (AvgIpc) is 2.63. The zero-order valence-electron chi connectivity index (χ0n) is 8.38. The van der Waals surface area contributed by atoms with Crippen molar-refractivity contribution in [1.82, 2.24) is 15.2 Å². The van der Waals surface area contributed by atoms with Gasteiger partial charge in [0.1, 0.15) is 0 Å². The normalized spacial score (nSPS) is 22.5. The summed E-state index contributed by atoms with van der Waals surface area (Å²) in [5.41, 5.74) is 0.982. The van der Waals surface area contributed by atoms with Gasteiger partial charge in [-0.25, -0.2) is 0 Å². The lowest BCUT2D eigenvalue weighted by Gasteiger charge is -2.18. The third-order valence-electron chi connectivity index (χ3n) is 2.44. The number of hydrogen-bond donors (Lipinski definition) is 1. The SMILES string of the molecule is CN1C(=NC#N)NCC1c1ccccn1. The summed E-state index contributed by atoms with van der Waals surface area (Å²) >= 11 is 0. The van der Waals surface area contributed by atoms with E-state index in [0.717, 1.165) is 12.2 Å². The third-order valence-corrected chi connectivity index (χ3v) is 2.44. The molecule has 1 aliphatic rings. The number of guanidine groups is 1. The van der Waals surface area contributed by atoms with Crippen LogP contribution < -0.4 is 5.32 Å². The van der Waals surface area contributed by atoms with Crippen molar-refractivity contribution in [3.8, 4) is 6.19 Å². The van der Waals surface area contributed by atoms with Crippen molar-refractivity contribution in [2.24, 2.45) is 4.99 Å². The van der Waals surface area contributed by atoms with E-state index in [2.05, 4.69) is 15.3 Å². The Hall–Kier alpha value is -2.09. The predicted octanol–water partition coefficient (Wildman–Crippen LogP) is 0.495. The van der Waals surface area contributed by atoms with Gasteiger partial charge in [0, 0.05) is 19.8 Å². The molecule has 15 heavy (non-hydrogen) atoms. The average molecular weight is 201 g/mol. The molecule has 76 valence electrons. The van der Waals surface area contributed by atoms with E-state index in [1.165, 1.54) is 0 Å². The second-order valence-corrected chi connectivity index (χ2v) is 3.30. The number of pyridine rings is 1. The summed E-state index contributed by atoms with van der Waals surface area (Å²) < 4.78 is 0. The van der Waals surface area contributed by atoms with E-state index in [0.29, 0.717) is 5.96 Å². The highest BCUT2D eigenvalue weighted by Gasteiger charge is 2.27. The van der Waals surface area contributed by atoms with Crippen molar-refractivity contribution in [1.29, 1.82) is 5.26 Å². The first-order valence-electron chi connectivity index (χ1n) is 4.67. The molecule has 1 fully saturated rings. The molecule has 5 nitrogen and oxygen atoms in total. The third kappa shape index (κ3) is 1.74. The molecule has 5 heteroatoms. The van der Waals surface area contributed by atoms with Crippen molar-refractivity contribution in [3.63, 3.8) is 0 Å². The molecular formula is C10H11N5. The van der Waals surface area contributed by atoms with Crippen LogP contribution in [0, 0.1) is 11.5 Å². The molecule has 1 saturated heterocycles. The summed E-state index contributed by atoms with van der Waals surface area (Å²) in [6.45, 7) is 0.730. The van der Waals surface area contributed by atoms with Gasteiger partial charge in [0.2, 0.25) is 12.2 Å². The van der Waals surface area contributed by atoms with Gasteiger partial charge in [-0.2, -0.15) is 5.26 Å². The second kappa shape index (κ2) is 3.96. The largest absolute Gasteiger partial charge is 0.353 e. The number of nitrogens with one attached hydrogen (secondary N) is 1. The van der Waals surface area contributed by atoms with Crippen LogP contribution in [-0.4, -0.2) is 29.4 Å². The Morgan fingerprint density at radius 1 is 1.67 bits per heavy atom. The van der Waals surface area contributed by atoms with Gasteiger partial charge in [-0.15, -0.1) is 4.99 Å². The molecular weight excluding hydrogens is 190 g/mol. The summed E-state index contributed by atoms with van der Waals surface area (Å²) in [6.07, 6.45) is 3.54. The first-order valence-corrected chi connectivity index (χ1v) is 4.67. The van der Waals surface area contributed by atoms with Gasteiger partial charge in [0.05, 0.1) is 11.7 Å².